The first-order valence-electron chi connectivity index (χ1n) is 18.3. The summed E-state index contributed by atoms with van der Waals surface area (Å²) in [7, 11) is 5.02. The molecule has 0 spiro atoms. The minimum absolute atomic E-state index is 0. The average molecular weight is 751 g/mol. The molecular weight excluding hydrogens is 684 g/mol. The Morgan fingerprint density at radius 2 is 1.00 bits per heavy atom. The van der Waals surface area contributed by atoms with Crippen LogP contribution in [0.15, 0.2) is 0 Å². The number of carbonyl (C=O) groups is 2. The first-order chi connectivity index (χ1) is 20.1. The van der Waals surface area contributed by atoms with Crippen LogP contribution in [0.1, 0.15) is 149 Å². The molecule has 4 aliphatic rings. The Labute approximate surface area is 290 Å². The molecule has 4 heterocycles. The van der Waals surface area contributed by atoms with Crippen molar-refractivity contribution in [3.8, 4) is 0 Å². The fourth-order valence-electron chi connectivity index (χ4n) is 10.9. The molecule has 4 fully saturated rings. The zero-order valence-corrected chi connectivity index (χ0v) is 31.8. The van der Waals surface area contributed by atoms with E-state index in [4.69, 9.17) is 5.11 Å². The molecule has 0 aliphatic carbocycles. The minimum Gasteiger partial charge on any atom is -1.00 e. The fourth-order valence-corrected chi connectivity index (χ4v) is 10.9. The summed E-state index contributed by atoms with van der Waals surface area (Å²) in [6.45, 7) is 7.12. The Morgan fingerprint density at radius 1 is 0.614 bits per heavy atom. The molecule has 4 rings (SSSR count). The highest BCUT2D eigenvalue weighted by atomic mass is 79.9. The van der Waals surface area contributed by atoms with E-state index in [9.17, 15) is 14.7 Å². The summed E-state index contributed by atoms with van der Waals surface area (Å²) >= 11 is 0. The number of carboxylic acids is 2. The van der Waals surface area contributed by atoms with Gasteiger partial charge < -0.3 is 53.1 Å². The summed E-state index contributed by atoms with van der Waals surface area (Å²) in [5, 5.41) is 20.3. The Balaban J connectivity index is 0.00000337. The Kier molecular flexibility index (Phi) is 16.2. The van der Waals surface area contributed by atoms with Gasteiger partial charge in [-0.2, -0.15) is 0 Å². The van der Waals surface area contributed by atoms with Crippen molar-refractivity contribution < 1.29 is 62.7 Å². The number of unbranched alkanes of at least 4 members (excludes halogenated alkanes) is 8. The third kappa shape index (κ3) is 8.45. The normalized spacial score (nSPS) is 35.4. The molecule has 0 aromatic rings. The monoisotopic (exact) mass is 748 g/mol. The SMILES string of the molecule is CCCCC[N+]1(C)C2CCC1CC(C(CCCCCCCC(=O)O)(C(=O)O)C1CC3CCC(C1)[N+]3(C)CCCCC)C2.[Br-].[Br-]. The molecule has 8 heteroatoms. The summed E-state index contributed by atoms with van der Waals surface area (Å²) < 4.78 is 2.41. The molecular formula is C36H66Br2N2O4. The van der Waals surface area contributed by atoms with E-state index < -0.39 is 17.4 Å². The van der Waals surface area contributed by atoms with Gasteiger partial charge >= 0.3 is 11.9 Å². The van der Waals surface area contributed by atoms with Crippen LogP contribution in [0.3, 0.4) is 0 Å². The molecule has 0 aromatic carbocycles. The van der Waals surface area contributed by atoms with Gasteiger partial charge in [-0.3, -0.25) is 9.59 Å². The third-order valence-electron chi connectivity index (χ3n) is 13.6. The van der Waals surface area contributed by atoms with Gasteiger partial charge in [-0.05, 0) is 50.4 Å². The van der Waals surface area contributed by atoms with E-state index in [1.165, 1.54) is 86.3 Å². The maximum Gasteiger partial charge on any atom is 0.310 e. The van der Waals surface area contributed by atoms with Crippen LogP contribution in [-0.4, -0.2) is 82.5 Å². The maximum atomic E-state index is 13.8. The average Bonchev–Trinajstić information content (AvgIpc) is 3.20. The van der Waals surface area contributed by atoms with Gasteiger partial charge in [-0.1, -0.05) is 52.4 Å². The van der Waals surface area contributed by atoms with Gasteiger partial charge in [0.1, 0.15) is 0 Å². The van der Waals surface area contributed by atoms with Crippen molar-refractivity contribution in [2.75, 3.05) is 27.2 Å². The molecule has 0 amide bonds. The number of hydrogen-bond donors (Lipinski definition) is 2. The third-order valence-corrected chi connectivity index (χ3v) is 13.6. The molecule has 4 atom stereocenters. The van der Waals surface area contributed by atoms with Gasteiger partial charge in [0.25, 0.3) is 0 Å². The first kappa shape index (κ1) is 40.0. The van der Waals surface area contributed by atoms with Crippen molar-refractivity contribution in [2.24, 2.45) is 17.3 Å². The van der Waals surface area contributed by atoms with Crippen LogP contribution in [-0.2, 0) is 9.59 Å². The molecule has 4 saturated heterocycles. The van der Waals surface area contributed by atoms with Crippen LogP contribution < -0.4 is 34.0 Å². The first-order valence-corrected chi connectivity index (χ1v) is 18.3. The largest absolute Gasteiger partial charge is 1.00 e. The Hall–Kier alpha value is -0.180. The second-order valence-electron chi connectivity index (χ2n) is 15.7. The number of rotatable bonds is 19. The Morgan fingerprint density at radius 3 is 1.36 bits per heavy atom. The van der Waals surface area contributed by atoms with Crippen LogP contribution in [0, 0.1) is 17.3 Å². The molecule has 4 bridgehead atoms. The second kappa shape index (κ2) is 17.8. The van der Waals surface area contributed by atoms with Crippen LogP contribution in [0.4, 0.5) is 0 Å². The van der Waals surface area contributed by atoms with Crippen LogP contribution in [0.2, 0.25) is 0 Å². The molecule has 0 saturated carbocycles. The lowest BCUT2D eigenvalue weighted by molar-refractivity contribution is -0.951. The number of hydrogen-bond acceptors (Lipinski definition) is 2. The topological polar surface area (TPSA) is 74.6 Å². The number of quaternary nitrogens is 2. The van der Waals surface area contributed by atoms with Crippen molar-refractivity contribution in [1.29, 1.82) is 0 Å². The van der Waals surface area contributed by atoms with Crippen molar-refractivity contribution in [1.82, 2.24) is 0 Å². The number of aliphatic carboxylic acids is 2. The van der Waals surface area contributed by atoms with Gasteiger partial charge in [-0.25, -0.2) is 0 Å². The van der Waals surface area contributed by atoms with E-state index in [0.29, 0.717) is 36.0 Å². The number of fused-ring (bicyclic) bond motifs is 4. The van der Waals surface area contributed by atoms with Crippen molar-refractivity contribution >= 4 is 11.9 Å². The summed E-state index contributed by atoms with van der Waals surface area (Å²) in [6, 6.07) is 2.54. The maximum absolute atomic E-state index is 13.8. The quantitative estimate of drug-likeness (QED) is 0.157. The predicted molar refractivity (Wildman–Crippen MR) is 170 cm³/mol. The van der Waals surface area contributed by atoms with Crippen molar-refractivity contribution in [3.63, 3.8) is 0 Å². The van der Waals surface area contributed by atoms with E-state index in [1.54, 1.807) is 0 Å². The fraction of sp³-hybridized carbons (Fsp3) is 0.944. The lowest BCUT2D eigenvalue weighted by atomic mass is 9.56. The van der Waals surface area contributed by atoms with Crippen LogP contribution in [0.5, 0.6) is 0 Å². The lowest BCUT2D eigenvalue weighted by Gasteiger charge is -2.56. The summed E-state index contributed by atoms with van der Waals surface area (Å²) in [4.78, 5) is 24.7. The van der Waals surface area contributed by atoms with E-state index in [1.807, 2.05) is 0 Å². The summed E-state index contributed by atoms with van der Waals surface area (Å²) in [5.41, 5.74) is -0.591. The molecule has 2 N–H and O–H groups in total. The zero-order valence-electron chi connectivity index (χ0n) is 28.6. The molecule has 0 aromatic heterocycles. The Bertz CT molecular complexity index is 825. The summed E-state index contributed by atoms with van der Waals surface area (Å²) in [5.74, 6) is -0.582. The molecule has 258 valence electrons. The standard InChI is InChI=1S/C36H64N2O4.2BrH/c1-5-7-14-22-37(3)30-17-18-31(37)25-28(24-30)36(35(41)42,21-13-11-9-10-12-16-34(39)40)29-26-32-19-20-33(27-29)38(32,4)23-15-8-6-2;;/h28-33H,5-27H2,1-4H3;2*1H. The van der Waals surface area contributed by atoms with E-state index in [0.717, 1.165) is 64.2 Å². The number of piperidine rings is 2. The van der Waals surface area contributed by atoms with Gasteiger partial charge in [0.05, 0.1) is 56.8 Å². The number of halogens is 2. The highest BCUT2D eigenvalue weighted by Gasteiger charge is 2.63. The van der Waals surface area contributed by atoms with Gasteiger partial charge in [0.2, 0.25) is 0 Å². The van der Waals surface area contributed by atoms with E-state index in [2.05, 4.69) is 27.9 Å². The van der Waals surface area contributed by atoms with E-state index in [-0.39, 0.29) is 40.4 Å². The zero-order chi connectivity index (χ0) is 30.4. The highest BCUT2D eigenvalue weighted by molar-refractivity contribution is 5.75. The van der Waals surface area contributed by atoms with Gasteiger partial charge in [-0.15, -0.1) is 0 Å². The molecule has 4 aliphatic heterocycles. The minimum atomic E-state index is -0.709. The van der Waals surface area contributed by atoms with Crippen molar-refractivity contribution in [3.05, 3.63) is 0 Å². The number of nitrogens with zero attached hydrogens (tertiary/aromatic N) is 2. The van der Waals surface area contributed by atoms with E-state index >= 15 is 0 Å². The predicted octanol–water partition coefficient (Wildman–Crippen LogP) is 2.04. The molecule has 6 nitrogen and oxygen atoms in total. The molecule has 44 heavy (non-hydrogen) atoms. The second-order valence-corrected chi connectivity index (χ2v) is 15.7. The molecule has 0 radical (unpaired) electrons. The lowest BCUT2D eigenvalue weighted by Crippen LogP contribution is -3.00. The molecule has 4 unspecified atom stereocenters. The summed E-state index contributed by atoms with van der Waals surface area (Å²) in [6.07, 6.45) is 23.1. The van der Waals surface area contributed by atoms with Crippen LogP contribution in [0.25, 0.3) is 0 Å². The van der Waals surface area contributed by atoms with Crippen LogP contribution >= 0.6 is 0 Å². The van der Waals surface area contributed by atoms with Crippen molar-refractivity contribution in [2.45, 2.75) is 173 Å². The highest BCUT2D eigenvalue weighted by Crippen LogP contribution is 2.58. The smallest absolute Gasteiger partial charge is 0.310 e. The van der Waals surface area contributed by atoms with Gasteiger partial charge in [0, 0.05) is 57.8 Å². The number of carboxylic acid groups (broad SMARTS) is 2. The van der Waals surface area contributed by atoms with Gasteiger partial charge in [0.15, 0.2) is 0 Å².